The van der Waals surface area contributed by atoms with Crippen LogP contribution in [0.3, 0.4) is 0 Å². The Labute approximate surface area is 196 Å². The highest BCUT2D eigenvalue weighted by Crippen LogP contribution is 2.29. The third kappa shape index (κ3) is 4.69. The highest BCUT2D eigenvalue weighted by molar-refractivity contribution is 6.42. The van der Waals surface area contributed by atoms with Crippen LogP contribution in [0.2, 0.25) is 0 Å². The molecule has 0 bridgehead atoms. The zero-order chi connectivity index (χ0) is 24.2. The largest absolute Gasteiger partial charge is 0.477 e. The van der Waals surface area contributed by atoms with Crippen LogP contribution in [0.15, 0.2) is 59.8 Å². The van der Waals surface area contributed by atoms with E-state index in [1.807, 2.05) is 12.1 Å². The first-order valence-corrected chi connectivity index (χ1v) is 11.1. The minimum absolute atomic E-state index is 0.0330. The van der Waals surface area contributed by atoms with Gasteiger partial charge in [-0.2, -0.15) is 0 Å². The number of carboxylic acid groups (broad SMARTS) is 1. The summed E-state index contributed by atoms with van der Waals surface area (Å²) in [4.78, 5) is 40.4. The summed E-state index contributed by atoms with van der Waals surface area (Å²) in [7, 11) is 0. The lowest BCUT2D eigenvalue weighted by atomic mass is 9.98. The molecule has 1 saturated heterocycles. The molecule has 2 amide bonds. The predicted molar refractivity (Wildman–Crippen MR) is 128 cm³/mol. The van der Waals surface area contributed by atoms with E-state index in [1.54, 1.807) is 41.3 Å². The number of rotatable bonds is 7. The highest BCUT2D eigenvalue weighted by atomic mass is 16.4. The van der Waals surface area contributed by atoms with Gasteiger partial charge in [0.2, 0.25) is 5.91 Å². The summed E-state index contributed by atoms with van der Waals surface area (Å²) >= 11 is 0. The van der Waals surface area contributed by atoms with Crippen molar-refractivity contribution in [2.45, 2.75) is 32.3 Å². The summed E-state index contributed by atoms with van der Waals surface area (Å²) in [5.74, 6) is -1.76. The molecule has 0 aliphatic carbocycles. The lowest BCUT2D eigenvalue weighted by molar-refractivity contribution is -0.129. The van der Waals surface area contributed by atoms with E-state index in [0.717, 1.165) is 18.5 Å². The second-order valence-corrected chi connectivity index (χ2v) is 8.24. The molecule has 2 aliphatic heterocycles. The van der Waals surface area contributed by atoms with Crippen LogP contribution in [-0.2, 0) is 21.0 Å². The van der Waals surface area contributed by atoms with Crippen LogP contribution in [-0.4, -0.2) is 46.8 Å². The molecule has 2 aromatic rings. The van der Waals surface area contributed by atoms with Crippen LogP contribution >= 0.6 is 0 Å². The lowest BCUT2D eigenvalue weighted by Crippen LogP contribution is -2.41. The molecule has 176 valence electrons. The van der Waals surface area contributed by atoms with Crippen molar-refractivity contribution < 1.29 is 24.6 Å². The van der Waals surface area contributed by atoms with Crippen LogP contribution < -0.4 is 15.1 Å². The Balaban J connectivity index is 1.61. The van der Waals surface area contributed by atoms with Gasteiger partial charge in [-0.1, -0.05) is 12.1 Å². The molecule has 0 aromatic heterocycles. The SMILES string of the molecule is N=C(C(=O)O)C1=C(Nc2ccc(CO)cc2)C(=O)N(c2ccc(N3CCCCC3=O)cc2)CC1. The van der Waals surface area contributed by atoms with Gasteiger partial charge in [-0.05, 0) is 61.2 Å². The summed E-state index contributed by atoms with van der Waals surface area (Å²) in [6.45, 7) is 0.775. The molecule has 1 fully saturated rings. The number of nitrogens with zero attached hydrogens (tertiary/aromatic N) is 2. The van der Waals surface area contributed by atoms with Crippen LogP contribution in [0.5, 0.6) is 0 Å². The minimum atomic E-state index is -1.40. The molecule has 9 heteroatoms. The molecule has 2 heterocycles. The van der Waals surface area contributed by atoms with Gasteiger partial charge < -0.3 is 25.3 Å². The summed E-state index contributed by atoms with van der Waals surface area (Å²) < 4.78 is 0. The third-order valence-corrected chi connectivity index (χ3v) is 6.06. The van der Waals surface area contributed by atoms with Crippen LogP contribution in [0.1, 0.15) is 31.2 Å². The van der Waals surface area contributed by atoms with E-state index >= 15 is 0 Å². The number of anilines is 3. The molecule has 4 N–H and O–H groups in total. The van der Waals surface area contributed by atoms with Gasteiger partial charge in [-0.25, -0.2) is 4.79 Å². The molecule has 0 saturated carbocycles. The Morgan fingerprint density at radius 3 is 2.15 bits per heavy atom. The van der Waals surface area contributed by atoms with Gasteiger partial charge in [-0.15, -0.1) is 0 Å². The molecule has 9 nitrogen and oxygen atoms in total. The maximum atomic E-state index is 13.4. The van der Waals surface area contributed by atoms with Gasteiger partial charge in [0.05, 0.1) is 6.61 Å². The Kier molecular flexibility index (Phi) is 6.74. The fourth-order valence-electron chi connectivity index (χ4n) is 4.20. The van der Waals surface area contributed by atoms with Crippen LogP contribution in [0.25, 0.3) is 0 Å². The van der Waals surface area contributed by atoms with E-state index < -0.39 is 17.6 Å². The standard InChI is InChI=1S/C25H26N4O5/c26-22(25(33)34)20-12-14-29(24(32)23(20)27-17-6-4-16(15-30)5-7-17)19-10-8-18(9-11-19)28-13-2-1-3-21(28)31/h4-11,26-27,30H,1-3,12-15H2,(H,33,34). The average molecular weight is 463 g/mol. The molecule has 2 aliphatic rings. The van der Waals surface area contributed by atoms with E-state index in [0.29, 0.717) is 29.9 Å². The number of benzene rings is 2. The number of aliphatic hydroxyl groups is 1. The van der Waals surface area contributed by atoms with Crippen molar-refractivity contribution in [3.8, 4) is 0 Å². The topological polar surface area (TPSA) is 134 Å². The molecule has 34 heavy (non-hydrogen) atoms. The molecule has 0 atom stereocenters. The lowest BCUT2D eigenvalue weighted by Gasteiger charge is -2.31. The van der Waals surface area contributed by atoms with E-state index in [4.69, 9.17) is 5.41 Å². The smallest absolute Gasteiger partial charge is 0.354 e. The molecule has 0 radical (unpaired) electrons. The fraction of sp³-hybridized carbons (Fsp3) is 0.280. The Morgan fingerprint density at radius 1 is 0.912 bits per heavy atom. The predicted octanol–water partition coefficient (Wildman–Crippen LogP) is 2.90. The molecular weight excluding hydrogens is 436 g/mol. The van der Waals surface area contributed by atoms with Crippen molar-refractivity contribution in [2.24, 2.45) is 0 Å². The van der Waals surface area contributed by atoms with Crippen molar-refractivity contribution in [2.75, 3.05) is 28.2 Å². The van der Waals surface area contributed by atoms with E-state index in [1.165, 1.54) is 4.90 Å². The number of hydrogen-bond donors (Lipinski definition) is 4. The molecule has 0 spiro atoms. The molecular formula is C25H26N4O5. The van der Waals surface area contributed by atoms with Crippen molar-refractivity contribution in [1.29, 1.82) is 5.41 Å². The summed E-state index contributed by atoms with van der Waals surface area (Å²) in [5, 5.41) is 29.6. The zero-order valence-corrected chi connectivity index (χ0v) is 18.6. The second-order valence-electron chi connectivity index (χ2n) is 8.24. The number of aliphatic hydroxyl groups excluding tert-OH is 1. The van der Waals surface area contributed by atoms with Gasteiger partial charge in [-0.3, -0.25) is 15.0 Å². The maximum Gasteiger partial charge on any atom is 0.354 e. The average Bonchev–Trinajstić information content (AvgIpc) is 2.85. The molecule has 4 rings (SSSR count). The summed E-state index contributed by atoms with van der Waals surface area (Å²) in [6.07, 6.45) is 2.58. The summed E-state index contributed by atoms with van der Waals surface area (Å²) in [6, 6.07) is 13.9. The van der Waals surface area contributed by atoms with Gasteiger partial charge in [0, 0.05) is 42.1 Å². The molecule has 0 unspecified atom stereocenters. The van der Waals surface area contributed by atoms with E-state index in [-0.39, 0.29) is 36.7 Å². The number of amides is 2. The fourth-order valence-corrected chi connectivity index (χ4v) is 4.20. The zero-order valence-electron chi connectivity index (χ0n) is 18.6. The first kappa shape index (κ1) is 23.2. The van der Waals surface area contributed by atoms with Gasteiger partial charge >= 0.3 is 5.97 Å². The van der Waals surface area contributed by atoms with E-state index in [9.17, 15) is 24.6 Å². The first-order valence-electron chi connectivity index (χ1n) is 11.1. The monoisotopic (exact) mass is 462 g/mol. The number of piperidine rings is 1. The van der Waals surface area contributed by atoms with Crippen LogP contribution in [0.4, 0.5) is 17.1 Å². The van der Waals surface area contributed by atoms with Crippen molar-refractivity contribution in [3.05, 3.63) is 65.4 Å². The quantitative estimate of drug-likeness (QED) is 0.468. The number of nitrogens with one attached hydrogen (secondary N) is 2. The minimum Gasteiger partial charge on any atom is -0.477 e. The maximum absolute atomic E-state index is 13.4. The van der Waals surface area contributed by atoms with Crippen LogP contribution in [0, 0.1) is 5.41 Å². The normalized spacial score (nSPS) is 16.6. The Morgan fingerprint density at radius 2 is 1.56 bits per heavy atom. The number of carbonyl (C=O) groups is 3. The van der Waals surface area contributed by atoms with Crippen molar-refractivity contribution in [1.82, 2.24) is 0 Å². The number of carbonyl (C=O) groups excluding carboxylic acids is 2. The van der Waals surface area contributed by atoms with E-state index in [2.05, 4.69) is 5.32 Å². The highest BCUT2D eigenvalue weighted by Gasteiger charge is 2.32. The summed E-state index contributed by atoms with van der Waals surface area (Å²) in [5.41, 5.74) is 2.18. The van der Waals surface area contributed by atoms with Crippen molar-refractivity contribution >= 4 is 40.6 Å². The number of hydrogen-bond acceptors (Lipinski definition) is 6. The van der Waals surface area contributed by atoms with Gasteiger partial charge in [0.25, 0.3) is 5.91 Å². The first-order chi connectivity index (χ1) is 16.4. The Hall–Kier alpha value is -3.98. The van der Waals surface area contributed by atoms with Gasteiger partial charge in [0.15, 0.2) is 0 Å². The van der Waals surface area contributed by atoms with Gasteiger partial charge in [0.1, 0.15) is 11.4 Å². The Bertz CT molecular complexity index is 1150. The third-order valence-electron chi connectivity index (χ3n) is 6.06. The second kappa shape index (κ2) is 9.88. The number of aliphatic carboxylic acids is 1. The number of carboxylic acids is 1. The molecule has 2 aromatic carbocycles. The van der Waals surface area contributed by atoms with Crippen molar-refractivity contribution in [3.63, 3.8) is 0 Å².